The van der Waals surface area contributed by atoms with Crippen LogP contribution >= 0.6 is 11.3 Å². The second-order valence-corrected chi connectivity index (χ2v) is 9.75. The monoisotopic (exact) mass is 501 g/mol. The Kier molecular flexibility index (Phi) is 6.14. The van der Waals surface area contributed by atoms with Gasteiger partial charge in [-0.25, -0.2) is 9.79 Å². The Hall–Kier alpha value is -3.91. The summed E-state index contributed by atoms with van der Waals surface area (Å²) in [5.74, 6) is 0.244. The van der Waals surface area contributed by atoms with Gasteiger partial charge in [-0.2, -0.15) is 0 Å². The molecule has 2 aromatic heterocycles. The van der Waals surface area contributed by atoms with E-state index in [4.69, 9.17) is 9.47 Å². The summed E-state index contributed by atoms with van der Waals surface area (Å²) < 4.78 is 13.2. The van der Waals surface area contributed by atoms with E-state index in [1.165, 1.54) is 11.3 Å². The summed E-state index contributed by atoms with van der Waals surface area (Å²) in [5.41, 5.74) is 4.47. The second kappa shape index (κ2) is 9.28. The minimum absolute atomic E-state index is 0.198. The topological polar surface area (TPSA) is 85.7 Å². The van der Waals surface area contributed by atoms with Gasteiger partial charge < -0.3 is 14.5 Å². The van der Waals surface area contributed by atoms with Crippen molar-refractivity contribution in [2.75, 3.05) is 13.7 Å². The number of fused-ring (bicyclic) bond motifs is 2. The van der Waals surface area contributed by atoms with Gasteiger partial charge >= 0.3 is 5.97 Å². The first kappa shape index (κ1) is 23.8. The molecule has 3 heterocycles. The summed E-state index contributed by atoms with van der Waals surface area (Å²) >= 11 is 1.32. The van der Waals surface area contributed by atoms with Crippen molar-refractivity contribution in [3.8, 4) is 5.75 Å². The quantitative estimate of drug-likeness (QED) is 0.420. The molecule has 1 aliphatic heterocycles. The first-order chi connectivity index (χ1) is 17.3. The van der Waals surface area contributed by atoms with Crippen LogP contribution in [0.25, 0.3) is 16.8 Å². The average Bonchev–Trinajstić information content (AvgIpc) is 3.34. The fraction of sp³-hybridized carbons (Fsp3) is 0.250. The van der Waals surface area contributed by atoms with Crippen LogP contribution in [0.1, 0.15) is 42.4 Å². The number of ether oxygens (including phenoxy) is 2. The molecular formula is C28H27N3O4S. The van der Waals surface area contributed by atoms with Gasteiger partial charge in [-0.3, -0.25) is 9.36 Å². The SMILES string of the molecule is CCOC(=O)C1=C(C)N=c2sc(=Cc3cc(C)[nH]c3C)c(=O)n2C1c1ccc(OC)c2ccccc12. The zero-order valence-electron chi connectivity index (χ0n) is 20.8. The maximum absolute atomic E-state index is 13.9. The fourth-order valence-electron chi connectivity index (χ4n) is 4.83. The number of aryl methyl sites for hydroxylation is 2. The number of esters is 1. The maximum Gasteiger partial charge on any atom is 0.338 e. The molecule has 0 amide bonds. The number of nitrogens with one attached hydrogen (secondary N) is 1. The third-order valence-corrected chi connectivity index (χ3v) is 7.41. The van der Waals surface area contributed by atoms with Crippen molar-refractivity contribution in [3.05, 3.63) is 95.9 Å². The molecule has 1 N–H and O–H groups in total. The van der Waals surface area contributed by atoms with Crippen LogP contribution < -0.4 is 19.6 Å². The Balaban J connectivity index is 1.83. The summed E-state index contributed by atoms with van der Waals surface area (Å²) in [6, 6.07) is 12.9. The molecule has 0 aliphatic carbocycles. The van der Waals surface area contributed by atoms with Crippen molar-refractivity contribution in [1.29, 1.82) is 0 Å². The molecule has 0 fully saturated rings. The van der Waals surface area contributed by atoms with Crippen LogP contribution in [0.5, 0.6) is 5.75 Å². The molecule has 5 rings (SSSR count). The van der Waals surface area contributed by atoms with Gasteiger partial charge in [0.25, 0.3) is 5.56 Å². The molecule has 8 heteroatoms. The van der Waals surface area contributed by atoms with E-state index < -0.39 is 12.0 Å². The van der Waals surface area contributed by atoms with Gasteiger partial charge in [-0.1, -0.05) is 41.7 Å². The predicted octanol–water partition coefficient (Wildman–Crippen LogP) is 3.91. The molecule has 2 aromatic carbocycles. The van der Waals surface area contributed by atoms with Crippen molar-refractivity contribution < 1.29 is 14.3 Å². The summed E-state index contributed by atoms with van der Waals surface area (Å²) in [7, 11) is 1.63. The minimum Gasteiger partial charge on any atom is -0.496 e. The van der Waals surface area contributed by atoms with Crippen LogP contribution in [0.2, 0.25) is 0 Å². The Bertz CT molecular complexity index is 1720. The van der Waals surface area contributed by atoms with Crippen LogP contribution in [-0.2, 0) is 9.53 Å². The summed E-state index contributed by atoms with van der Waals surface area (Å²) in [6.07, 6.45) is 1.88. The Morgan fingerprint density at radius 1 is 1.17 bits per heavy atom. The summed E-state index contributed by atoms with van der Waals surface area (Å²) in [6.45, 7) is 7.74. The lowest BCUT2D eigenvalue weighted by Crippen LogP contribution is -2.40. The van der Waals surface area contributed by atoms with Crippen LogP contribution in [-0.4, -0.2) is 29.2 Å². The number of allylic oxidation sites excluding steroid dienone is 1. The molecule has 1 unspecified atom stereocenters. The second-order valence-electron chi connectivity index (χ2n) is 8.74. The number of H-pyrrole nitrogens is 1. The number of methoxy groups -OCH3 is 1. The Morgan fingerprint density at radius 2 is 1.92 bits per heavy atom. The number of aromatic amines is 1. The van der Waals surface area contributed by atoms with Crippen LogP contribution in [0.15, 0.2) is 63.5 Å². The minimum atomic E-state index is -0.688. The molecule has 4 aromatic rings. The molecule has 0 saturated heterocycles. The first-order valence-corrected chi connectivity index (χ1v) is 12.6. The van der Waals surface area contributed by atoms with Gasteiger partial charge in [-0.15, -0.1) is 0 Å². The van der Waals surface area contributed by atoms with Crippen molar-refractivity contribution in [1.82, 2.24) is 9.55 Å². The third kappa shape index (κ3) is 3.87. The highest BCUT2D eigenvalue weighted by Gasteiger charge is 2.34. The molecule has 36 heavy (non-hydrogen) atoms. The highest BCUT2D eigenvalue weighted by atomic mass is 32.1. The number of aromatic nitrogens is 2. The van der Waals surface area contributed by atoms with Gasteiger partial charge in [0, 0.05) is 16.8 Å². The van der Waals surface area contributed by atoms with Crippen molar-refractivity contribution >= 4 is 34.2 Å². The van der Waals surface area contributed by atoms with E-state index in [9.17, 15) is 9.59 Å². The summed E-state index contributed by atoms with van der Waals surface area (Å²) in [4.78, 5) is 35.6. The van der Waals surface area contributed by atoms with E-state index in [0.29, 0.717) is 20.6 Å². The smallest absolute Gasteiger partial charge is 0.338 e. The Labute approximate surface area is 212 Å². The van der Waals surface area contributed by atoms with Gasteiger partial charge in [0.05, 0.1) is 35.6 Å². The van der Waals surface area contributed by atoms with Crippen molar-refractivity contribution in [2.24, 2.45) is 4.99 Å². The molecule has 0 bridgehead atoms. The van der Waals surface area contributed by atoms with Crippen LogP contribution in [0, 0.1) is 13.8 Å². The number of rotatable bonds is 5. The molecule has 7 nitrogen and oxygen atoms in total. The van der Waals surface area contributed by atoms with Gasteiger partial charge in [-0.05, 0) is 62.4 Å². The average molecular weight is 502 g/mol. The van der Waals surface area contributed by atoms with E-state index in [2.05, 4.69) is 9.98 Å². The standard InChI is InChI=1S/C28H27N3O4S/c1-6-35-27(33)24-17(4)30-28-31(26(32)23(36-28)14-18-13-15(2)29-16(18)3)25(24)21-11-12-22(34-5)20-10-8-7-9-19(20)21/h7-14,25,29H,6H2,1-5H3. The molecule has 1 aliphatic rings. The van der Waals surface area contributed by atoms with Gasteiger partial charge in [0.15, 0.2) is 4.80 Å². The number of carbonyl (C=O) groups excluding carboxylic acids is 1. The lowest BCUT2D eigenvalue weighted by atomic mass is 9.91. The first-order valence-electron chi connectivity index (χ1n) is 11.8. The van der Waals surface area contributed by atoms with Gasteiger partial charge in [0.2, 0.25) is 0 Å². The number of carbonyl (C=O) groups is 1. The van der Waals surface area contributed by atoms with Gasteiger partial charge in [0.1, 0.15) is 5.75 Å². The number of thiazole rings is 1. The zero-order chi connectivity index (χ0) is 25.6. The molecule has 0 saturated carbocycles. The van der Waals surface area contributed by atoms with E-state index in [1.807, 2.05) is 62.4 Å². The number of hydrogen-bond donors (Lipinski definition) is 1. The predicted molar refractivity (Wildman–Crippen MR) is 141 cm³/mol. The molecular weight excluding hydrogens is 474 g/mol. The summed E-state index contributed by atoms with van der Waals surface area (Å²) in [5, 5.41) is 1.79. The largest absolute Gasteiger partial charge is 0.496 e. The van der Waals surface area contributed by atoms with Crippen LogP contribution in [0.3, 0.4) is 0 Å². The molecule has 0 spiro atoms. The van der Waals surface area contributed by atoms with E-state index in [-0.39, 0.29) is 12.2 Å². The zero-order valence-corrected chi connectivity index (χ0v) is 21.7. The Morgan fingerprint density at radius 3 is 2.58 bits per heavy atom. The maximum atomic E-state index is 13.9. The lowest BCUT2D eigenvalue weighted by molar-refractivity contribution is -0.139. The van der Waals surface area contributed by atoms with E-state index in [1.54, 1.807) is 25.5 Å². The number of hydrogen-bond acceptors (Lipinski definition) is 6. The van der Waals surface area contributed by atoms with Crippen molar-refractivity contribution in [2.45, 2.75) is 33.7 Å². The lowest BCUT2D eigenvalue weighted by Gasteiger charge is -2.26. The van der Waals surface area contributed by atoms with E-state index in [0.717, 1.165) is 39.0 Å². The molecule has 184 valence electrons. The number of benzene rings is 2. The fourth-order valence-corrected chi connectivity index (χ4v) is 5.87. The highest BCUT2D eigenvalue weighted by molar-refractivity contribution is 7.07. The molecule has 0 radical (unpaired) electrons. The van der Waals surface area contributed by atoms with E-state index >= 15 is 0 Å². The molecule has 1 atom stereocenters. The number of nitrogens with zero attached hydrogens (tertiary/aromatic N) is 2. The normalized spacial score (nSPS) is 15.7. The third-order valence-electron chi connectivity index (χ3n) is 6.43. The van der Waals surface area contributed by atoms with Crippen LogP contribution in [0.4, 0.5) is 0 Å². The van der Waals surface area contributed by atoms with Crippen molar-refractivity contribution in [3.63, 3.8) is 0 Å². The highest BCUT2D eigenvalue weighted by Crippen LogP contribution is 2.37.